The van der Waals surface area contributed by atoms with Crippen LogP contribution < -0.4 is 5.44 Å². The largest absolute Gasteiger partial charge is 0.380 e. The topological polar surface area (TPSA) is 190 Å². The molecule has 59 heavy (non-hydrogen) atoms. The zero-order chi connectivity index (χ0) is 42.8. The third-order valence-corrected chi connectivity index (χ3v) is 15.5. The summed E-state index contributed by atoms with van der Waals surface area (Å²) in [5.74, 6) is 0.522. The summed E-state index contributed by atoms with van der Waals surface area (Å²) in [6.45, 7) is 0. The average Bonchev–Trinajstić information content (AvgIpc) is 3.95. The van der Waals surface area contributed by atoms with E-state index in [2.05, 4.69) is 35.9 Å². The Bertz CT molecular complexity index is 2290. The first kappa shape index (κ1) is 46.5. The number of aromatic nitrogens is 4. The number of hydrogen-bond acceptors (Lipinski definition) is 13. The molecule has 0 aliphatic heterocycles. The molecule has 2 atom stereocenters. The van der Waals surface area contributed by atoms with Crippen LogP contribution in [0.3, 0.4) is 0 Å². The van der Waals surface area contributed by atoms with Crippen LogP contribution in [0.15, 0.2) is 87.7 Å². The number of rotatable bonds is 17. The molecule has 4 aromatic rings. The van der Waals surface area contributed by atoms with Gasteiger partial charge in [0.2, 0.25) is 0 Å². The number of halogens is 1. The lowest BCUT2D eigenvalue weighted by Gasteiger charge is -2.20. The fourth-order valence-corrected chi connectivity index (χ4v) is 10.2. The van der Waals surface area contributed by atoms with Crippen molar-refractivity contribution in [1.82, 2.24) is 19.9 Å². The van der Waals surface area contributed by atoms with E-state index in [1.807, 2.05) is 0 Å². The van der Waals surface area contributed by atoms with Gasteiger partial charge in [-0.2, -0.15) is 0 Å². The summed E-state index contributed by atoms with van der Waals surface area (Å²) in [6, 6.07) is 13.3. The van der Waals surface area contributed by atoms with Crippen LogP contribution in [0, 0.1) is 11.8 Å². The highest BCUT2D eigenvalue weighted by Gasteiger charge is 2.30. The van der Waals surface area contributed by atoms with Crippen molar-refractivity contribution in [3.63, 3.8) is 0 Å². The van der Waals surface area contributed by atoms with Crippen molar-refractivity contribution >= 4 is 60.2 Å². The van der Waals surface area contributed by atoms with E-state index in [0.29, 0.717) is 27.8 Å². The molecule has 2 fully saturated rings. The van der Waals surface area contributed by atoms with E-state index in [0.717, 1.165) is 55.9 Å². The Morgan fingerprint density at radius 1 is 0.644 bits per heavy atom. The molecule has 13 nitrogen and oxygen atoms in total. The first-order valence-corrected chi connectivity index (χ1v) is 25.8. The summed E-state index contributed by atoms with van der Waals surface area (Å²) in [4.78, 5) is 43.6. The van der Waals surface area contributed by atoms with Gasteiger partial charge < -0.3 is 9.05 Å². The van der Waals surface area contributed by atoms with Crippen molar-refractivity contribution < 1.29 is 40.0 Å². The van der Waals surface area contributed by atoms with Gasteiger partial charge >= 0.3 is 7.60 Å². The van der Waals surface area contributed by atoms with Crippen molar-refractivity contribution in [3.05, 3.63) is 100 Å². The smallest absolute Gasteiger partial charge is 0.307 e. The molecule has 2 aromatic heterocycles. The van der Waals surface area contributed by atoms with Gasteiger partial charge in [0.05, 0.1) is 52.6 Å². The quantitative estimate of drug-likeness (QED) is 0.0943. The van der Waals surface area contributed by atoms with Gasteiger partial charge in [-0.25, -0.2) is 26.8 Å². The van der Waals surface area contributed by atoms with Crippen LogP contribution in [0.1, 0.15) is 98.6 Å². The number of nitrogens with zero attached hydrogens (tertiary/aromatic N) is 4. The van der Waals surface area contributed by atoms with Gasteiger partial charge in [-0.05, 0) is 76.0 Å². The Hall–Kier alpha value is -3.53. The van der Waals surface area contributed by atoms with Crippen molar-refractivity contribution in [2.75, 3.05) is 26.7 Å². The molecule has 2 aliphatic carbocycles. The molecule has 2 saturated carbocycles. The maximum absolute atomic E-state index is 13.3. The van der Waals surface area contributed by atoms with Gasteiger partial charge in [0, 0.05) is 44.8 Å². The van der Waals surface area contributed by atoms with E-state index >= 15 is 0 Å². The second-order valence-corrected chi connectivity index (χ2v) is 22.4. The third-order valence-electron chi connectivity index (χ3n) is 11.1. The number of ketones is 2. The molecule has 2 aliphatic rings. The lowest BCUT2D eigenvalue weighted by atomic mass is 9.83. The van der Waals surface area contributed by atoms with E-state index in [9.17, 15) is 31.0 Å². The summed E-state index contributed by atoms with van der Waals surface area (Å²) in [5, 5.41) is 0. The van der Waals surface area contributed by atoms with Gasteiger partial charge in [-0.1, -0.05) is 75.6 Å². The number of carbonyl (C=O) groups excluding carboxylic acids is 2. The Labute approximate surface area is 356 Å². The van der Waals surface area contributed by atoms with Crippen LogP contribution in [0.5, 0.6) is 0 Å². The first-order valence-electron chi connectivity index (χ1n) is 19.6. The van der Waals surface area contributed by atoms with Crippen LogP contribution in [0.2, 0.25) is 0 Å². The van der Waals surface area contributed by atoms with Crippen molar-refractivity contribution in [2.45, 2.75) is 98.7 Å². The zero-order valence-electron chi connectivity index (χ0n) is 33.8. The lowest BCUT2D eigenvalue weighted by Crippen LogP contribution is -2.20. The average molecular weight is 932 g/mol. The monoisotopic (exact) mass is 930 g/mol. The molecule has 0 N–H and O–H groups in total. The van der Waals surface area contributed by atoms with Gasteiger partial charge in [0.1, 0.15) is 16.2 Å². The minimum Gasteiger partial charge on any atom is -0.307 e. The molecular formula is C42H52BrN4O9PS2. The SMILES string of the molecule is COP(=O)(OC)c1cnc(CC(=O)[C@H](CC2CCCC2)c2ccc(S(C)(=O)=O)cc2)cn1.CS(=O)(=O)c1ccc([C@@H](CC2CCCC2)C(=O)Cc2cnc(Br)cn2)cc1. The number of benzene rings is 2. The molecule has 0 radical (unpaired) electrons. The highest BCUT2D eigenvalue weighted by molar-refractivity contribution is 9.10. The molecule has 0 unspecified atom stereocenters. The predicted molar refractivity (Wildman–Crippen MR) is 228 cm³/mol. The van der Waals surface area contributed by atoms with Crippen LogP contribution in [-0.4, -0.2) is 75.1 Å². The molecule has 0 bridgehead atoms. The molecule has 0 saturated heterocycles. The number of sulfone groups is 2. The molecule has 17 heteroatoms. The van der Waals surface area contributed by atoms with Crippen molar-refractivity contribution in [2.24, 2.45) is 11.8 Å². The van der Waals surface area contributed by atoms with E-state index in [1.54, 1.807) is 60.9 Å². The summed E-state index contributed by atoms with van der Waals surface area (Å²) >= 11 is 3.25. The molecule has 0 spiro atoms. The van der Waals surface area contributed by atoms with Crippen molar-refractivity contribution in [3.8, 4) is 0 Å². The molecule has 2 aromatic carbocycles. The normalized spacial score (nSPS) is 16.3. The second kappa shape index (κ2) is 20.8. The minimum atomic E-state index is -3.50. The van der Waals surface area contributed by atoms with Gasteiger partial charge in [0.25, 0.3) is 0 Å². The van der Waals surface area contributed by atoms with E-state index in [1.165, 1.54) is 58.6 Å². The van der Waals surface area contributed by atoms with E-state index in [-0.39, 0.29) is 51.5 Å². The van der Waals surface area contributed by atoms with Crippen LogP contribution in [0.25, 0.3) is 0 Å². The summed E-state index contributed by atoms with van der Waals surface area (Å²) < 4.78 is 69.9. The fraction of sp³-hybridized carbons (Fsp3) is 0.476. The standard InChI is InChI=1S/C22H29N2O6PS.C20H23BrN2O3S/c1-29-31(26,30-2)22-15-23-18(14-24-22)13-21(25)20(12-16-6-4-5-7-16)17-8-10-19(11-9-17)32(3,27)28;1-27(25,26)17-8-6-15(7-9-17)18(10-14-4-2-3-5-14)19(24)11-16-12-23-20(21)13-22-16/h8-11,14-16,20H,4-7,12-13H2,1-3H3;6-9,12-14,18H,2-5,10-11H2,1H3/t20-;18-/m11/s1. The van der Waals surface area contributed by atoms with Crippen LogP contribution in [-0.2, 0) is 55.7 Å². The van der Waals surface area contributed by atoms with Gasteiger partial charge in [0.15, 0.2) is 25.1 Å². The maximum atomic E-state index is 13.3. The molecule has 6 rings (SSSR count). The highest BCUT2D eigenvalue weighted by Crippen LogP contribution is 2.44. The summed E-state index contributed by atoms with van der Waals surface area (Å²) in [5.41, 5.74) is 2.87. The van der Waals surface area contributed by atoms with E-state index in [4.69, 9.17) is 9.05 Å². The zero-order valence-corrected chi connectivity index (χ0v) is 37.9. The lowest BCUT2D eigenvalue weighted by molar-refractivity contribution is -0.121. The third kappa shape index (κ3) is 13.2. The first-order chi connectivity index (χ1) is 28.0. The predicted octanol–water partition coefficient (Wildman–Crippen LogP) is 7.59. The summed E-state index contributed by atoms with van der Waals surface area (Å²) in [7, 11) is -7.51. The van der Waals surface area contributed by atoms with Crippen LogP contribution >= 0.6 is 23.5 Å². The minimum absolute atomic E-state index is 0.00674. The Kier molecular flexibility index (Phi) is 16.4. The number of hydrogen-bond donors (Lipinski definition) is 0. The molecule has 2 heterocycles. The summed E-state index contributed by atoms with van der Waals surface area (Å²) in [6.07, 6.45) is 19.4. The molecular weight excluding hydrogens is 879 g/mol. The Morgan fingerprint density at radius 2 is 1.03 bits per heavy atom. The number of Topliss-reactive ketones (excluding diaryl/α,β-unsaturated/α-hetero) is 2. The Balaban J connectivity index is 0.000000227. The van der Waals surface area contributed by atoms with Crippen LogP contribution in [0.4, 0.5) is 0 Å². The Morgan fingerprint density at radius 3 is 1.36 bits per heavy atom. The maximum Gasteiger partial charge on any atom is 0.380 e. The fourth-order valence-electron chi connectivity index (χ4n) is 7.84. The highest BCUT2D eigenvalue weighted by atomic mass is 79.9. The number of carbonyl (C=O) groups is 2. The van der Waals surface area contributed by atoms with E-state index < -0.39 is 27.3 Å². The van der Waals surface area contributed by atoms with Gasteiger partial charge in [-0.3, -0.25) is 24.1 Å². The van der Waals surface area contributed by atoms with Crippen molar-refractivity contribution in [1.29, 1.82) is 0 Å². The van der Waals surface area contributed by atoms with Gasteiger partial charge in [-0.15, -0.1) is 0 Å². The molecule has 318 valence electrons. The molecule has 0 amide bonds. The second-order valence-electron chi connectivity index (χ2n) is 15.4.